The molecule has 0 aliphatic carbocycles. The molecule has 0 spiro atoms. The molecule has 2 N–H and O–H groups in total. The number of aliphatic hydroxyl groups is 1. The van der Waals surface area contributed by atoms with Gasteiger partial charge in [-0.25, -0.2) is 8.42 Å². The van der Waals surface area contributed by atoms with Crippen molar-refractivity contribution in [2.45, 2.75) is 43.7 Å². The number of ether oxygens (including phenoxy) is 1. The third-order valence-electron chi connectivity index (χ3n) is 4.20. The molecule has 0 aromatic carbocycles. The normalized spacial score (nSPS) is 27.2. The minimum atomic E-state index is -3.39. The number of amides is 1. The van der Waals surface area contributed by atoms with Crippen molar-refractivity contribution in [3.63, 3.8) is 0 Å². The predicted octanol–water partition coefficient (Wildman–Crippen LogP) is -0.542. The van der Waals surface area contributed by atoms with Crippen LogP contribution in [-0.4, -0.2) is 67.9 Å². The van der Waals surface area contributed by atoms with E-state index >= 15 is 0 Å². The Kier molecular flexibility index (Phi) is 5.24. The molecule has 2 aliphatic heterocycles. The first-order valence-electron chi connectivity index (χ1n) is 7.36. The van der Waals surface area contributed by atoms with E-state index in [0.717, 1.165) is 19.1 Å². The summed E-state index contributed by atoms with van der Waals surface area (Å²) >= 11 is 0. The Labute approximate surface area is 125 Å². The van der Waals surface area contributed by atoms with Gasteiger partial charge in [0.1, 0.15) is 6.04 Å². The fourth-order valence-electron chi connectivity index (χ4n) is 2.86. The van der Waals surface area contributed by atoms with Crippen LogP contribution in [-0.2, 0) is 19.6 Å². The SMILES string of the molecule is CS(=O)(=O)N1CCCCC1C(=O)NCC1(O)CCOCC1. The molecule has 0 bridgehead atoms. The quantitative estimate of drug-likeness (QED) is 0.725. The molecule has 1 atom stereocenters. The van der Waals surface area contributed by atoms with Gasteiger partial charge in [0.05, 0.1) is 11.9 Å². The average molecular weight is 320 g/mol. The van der Waals surface area contributed by atoms with Crippen molar-refractivity contribution >= 4 is 15.9 Å². The van der Waals surface area contributed by atoms with Crippen LogP contribution in [0.15, 0.2) is 0 Å². The number of carbonyl (C=O) groups is 1. The van der Waals surface area contributed by atoms with Gasteiger partial charge in [0.15, 0.2) is 0 Å². The number of carbonyl (C=O) groups excluding carboxylic acids is 1. The fraction of sp³-hybridized carbons (Fsp3) is 0.923. The molecule has 2 heterocycles. The maximum atomic E-state index is 12.3. The van der Waals surface area contributed by atoms with E-state index in [1.165, 1.54) is 4.31 Å². The Balaban J connectivity index is 1.95. The number of hydrogen-bond acceptors (Lipinski definition) is 5. The Bertz CT molecular complexity index is 473. The van der Waals surface area contributed by atoms with E-state index in [0.29, 0.717) is 39.0 Å². The van der Waals surface area contributed by atoms with Gasteiger partial charge < -0.3 is 15.2 Å². The van der Waals surface area contributed by atoms with Gasteiger partial charge in [-0.2, -0.15) is 4.31 Å². The number of rotatable bonds is 4. The van der Waals surface area contributed by atoms with Crippen LogP contribution >= 0.6 is 0 Å². The van der Waals surface area contributed by atoms with Crippen molar-refractivity contribution in [2.24, 2.45) is 0 Å². The Morgan fingerprint density at radius 3 is 2.67 bits per heavy atom. The van der Waals surface area contributed by atoms with E-state index in [1.54, 1.807) is 0 Å². The topological polar surface area (TPSA) is 95.9 Å². The van der Waals surface area contributed by atoms with Crippen LogP contribution in [0.25, 0.3) is 0 Å². The standard InChI is InChI=1S/C13H24N2O5S/c1-21(18,19)15-7-3-2-4-11(15)12(16)14-10-13(17)5-8-20-9-6-13/h11,17H,2-10H2,1H3,(H,14,16). The number of piperidine rings is 1. The van der Waals surface area contributed by atoms with Gasteiger partial charge in [-0.05, 0) is 12.8 Å². The summed E-state index contributed by atoms with van der Waals surface area (Å²) in [4.78, 5) is 12.3. The summed E-state index contributed by atoms with van der Waals surface area (Å²) in [5, 5.41) is 13.0. The maximum Gasteiger partial charge on any atom is 0.238 e. The summed E-state index contributed by atoms with van der Waals surface area (Å²) in [7, 11) is -3.39. The molecule has 2 rings (SSSR count). The molecule has 1 unspecified atom stereocenters. The van der Waals surface area contributed by atoms with Crippen molar-refractivity contribution in [3.8, 4) is 0 Å². The van der Waals surface area contributed by atoms with Crippen LogP contribution in [0.1, 0.15) is 32.1 Å². The highest BCUT2D eigenvalue weighted by Gasteiger charge is 2.36. The van der Waals surface area contributed by atoms with Crippen LogP contribution < -0.4 is 5.32 Å². The Hall–Kier alpha value is -0.700. The van der Waals surface area contributed by atoms with Gasteiger partial charge in [-0.1, -0.05) is 6.42 Å². The highest BCUT2D eigenvalue weighted by molar-refractivity contribution is 7.88. The van der Waals surface area contributed by atoms with Crippen molar-refractivity contribution < 1.29 is 23.1 Å². The summed E-state index contributed by atoms with van der Waals surface area (Å²) in [5.74, 6) is -0.319. The molecule has 8 heteroatoms. The Morgan fingerprint density at radius 2 is 2.05 bits per heavy atom. The highest BCUT2D eigenvalue weighted by atomic mass is 32.2. The summed E-state index contributed by atoms with van der Waals surface area (Å²) in [6.45, 7) is 1.48. The molecule has 2 fully saturated rings. The molecule has 122 valence electrons. The molecule has 0 aromatic heterocycles. The molecule has 7 nitrogen and oxygen atoms in total. The first kappa shape index (κ1) is 16.7. The van der Waals surface area contributed by atoms with Crippen molar-refractivity contribution in [1.82, 2.24) is 9.62 Å². The minimum Gasteiger partial charge on any atom is -0.388 e. The highest BCUT2D eigenvalue weighted by Crippen LogP contribution is 2.22. The zero-order valence-corrected chi connectivity index (χ0v) is 13.2. The van der Waals surface area contributed by atoms with Gasteiger partial charge in [-0.15, -0.1) is 0 Å². The minimum absolute atomic E-state index is 0.142. The van der Waals surface area contributed by atoms with Crippen molar-refractivity contribution in [3.05, 3.63) is 0 Å². The smallest absolute Gasteiger partial charge is 0.238 e. The van der Waals surface area contributed by atoms with Gasteiger partial charge in [0.25, 0.3) is 0 Å². The molecule has 0 saturated carbocycles. The van der Waals surface area contributed by atoms with Crippen molar-refractivity contribution in [1.29, 1.82) is 0 Å². The zero-order valence-electron chi connectivity index (χ0n) is 12.4. The predicted molar refractivity (Wildman–Crippen MR) is 77.2 cm³/mol. The molecule has 2 aliphatic rings. The third-order valence-corrected chi connectivity index (χ3v) is 5.49. The molecular formula is C13H24N2O5S. The van der Waals surface area contributed by atoms with Crippen molar-refractivity contribution in [2.75, 3.05) is 32.6 Å². The third kappa shape index (κ3) is 4.38. The van der Waals surface area contributed by atoms with Crippen LogP contribution in [0.2, 0.25) is 0 Å². The number of nitrogens with one attached hydrogen (secondary N) is 1. The van der Waals surface area contributed by atoms with E-state index in [2.05, 4.69) is 5.32 Å². The van der Waals surface area contributed by atoms with Gasteiger partial charge in [-0.3, -0.25) is 4.79 Å². The zero-order chi connectivity index (χ0) is 15.5. The van der Waals surface area contributed by atoms with Crippen LogP contribution in [0.4, 0.5) is 0 Å². The fourth-order valence-corrected chi connectivity index (χ4v) is 3.99. The molecule has 2 saturated heterocycles. The lowest BCUT2D eigenvalue weighted by atomic mass is 9.94. The maximum absolute atomic E-state index is 12.3. The summed E-state index contributed by atoms with van der Waals surface area (Å²) in [5.41, 5.74) is -0.946. The second-order valence-corrected chi connectivity index (χ2v) is 7.87. The summed E-state index contributed by atoms with van der Waals surface area (Å²) in [6, 6.07) is -0.655. The summed E-state index contributed by atoms with van der Waals surface area (Å²) in [6.07, 6.45) is 4.23. The molecule has 21 heavy (non-hydrogen) atoms. The van der Waals surface area contributed by atoms with Crippen LogP contribution in [0.5, 0.6) is 0 Å². The Morgan fingerprint density at radius 1 is 1.38 bits per heavy atom. The molecule has 0 aromatic rings. The average Bonchev–Trinajstić information content (AvgIpc) is 2.45. The van der Waals surface area contributed by atoms with E-state index < -0.39 is 21.7 Å². The molecule has 0 radical (unpaired) electrons. The largest absolute Gasteiger partial charge is 0.388 e. The van der Waals surface area contributed by atoms with Crippen LogP contribution in [0, 0.1) is 0 Å². The van der Waals surface area contributed by atoms with E-state index in [1.807, 2.05) is 0 Å². The monoisotopic (exact) mass is 320 g/mol. The summed E-state index contributed by atoms with van der Waals surface area (Å²) < 4.78 is 30.0. The molecule has 1 amide bonds. The van der Waals surface area contributed by atoms with E-state index in [4.69, 9.17) is 4.74 Å². The second-order valence-electron chi connectivity index (χ2n) is 5.94. The first-order valence-corrected chi connectivity index (χ1v) is 9.21. The van der Waals surface area contributed by atoms with Crippen LogP contribution in [0.3, 0.4) is 0 Å². The number of nitrogens with zero attached hydrogens (tertiary/aromatic N) is 1. The lowest BCUT2D eigenvalue weighted by Gasteiger charge is -2.35. The first-order chi connectivity index (χ1) is 9.82. The second kappa shape index (κ2) is 6.60. The lowest BCUT2D eigenvalue weighted by Crippen LogP contribution is -2.54. The number of sulfonamides is 1. The molecular weight excluding hydrogens is 296 g/mol. The van der Waals surface area contributed by atoms with Gasteiger partial charge in [0, 0.05) is 39.1 Å². The van der Waals surface area contributed by atoms with E-state index in [9.17, 15) is 18.3 Å². The number of hydrogen-bond donors (Lipinski definition) is 2. The van der Waals surface area contributed by atoms with Gasteiger partial charge in [0.2, 0.25) is 15.9 Å². The lowest BCUT2D eigenvalue weighted by molar-refractivity contribution is -0.128. The van der Waals surface area contributed by atoms with E-state index in [-0.39, 0.29) is 12.5 Å². The van der Waals surface area contributed by atoms with Gasteiger partial charge >= 0.3 is 0 Å².